The van der Waals surface area contributed by atoms with Crippen molar-refractivity contribution < 1.29 is 18.7 Å². The molecule has 0 spiro atoms. The molecule has 1 aromatic carbocycles. The van der Waals surface area contributed by atoms with E-state index in [1.165, 1.54) is 6.26 Å². The fourth-order valence-electron chi connectivity index (χ4n) is 1.99. The highest BCUT2D eigenvalue weighted by atomic mass is 16.5. The second-order valence-corrected chi connectivity index (χ2v) is 5.22. The number of amides is 2. The molecule has 1 aromatic heterocycles. The van der Waals surface area contributed by atoms with Crippen molar-refractivity contribution in [2.24, 2.45) is 0 Å². The second-order valence-electron chi connectivity index (χ2n) is 5.22. The summed E-state index contributed by atoms with van der Waals surface area (Å²) >= 11 is 0. The molecule has 0 radical (unpaired) electrons. The number of carbonyl (C=O) groups is 2. The van der Waals surface area contributed by atoms with Gasteiger partial charge in [0.25, 0.3) is 11.8 Å². The Morgan fingerprint density at radius 3 is 2.38 bits per heavy atom. The minimum Gasteiger partial charge on any atom is -0.494 e. The van der Waals surface area contributed by atoms with E-state index in [1.807, 2.05) is 0 Å². The maximum atomic E-state index is 12.0. The monoisotopic (exact) mass is 330 g/mol. The lowest BCUT2D eigenvalue weighted by Gasteiger charge is -2.08. The first kappa shape index (κ1) is 17.6. The molecule has 0 saturated carbocycles. The average Bonchev–Trinajstić information content (AvgIpc) is 3.14. The summed E-state index contributed by atoms with van der Waals surface area (Å²) in [5.74, 6) is 0.510. The van der Waals surface area contributed by atoms with E-state index in [-0.39, 0.29) is 17.6 Å². The molecule has 24 heavy (non-hydrogen) atoms. The molecule has 0 bridgehead atoms. The van der Waals surface area contributed by atoms with E-state index in [0.29, 0.717) is 25.3 Å². The minimum atomic E-state index is -0.303. The van der Waals surface area contributed by atoms with E-state index in [9.17, 15) is 9.59 Å². The van der Waals surface area contributed by atoms with Gasteiger partial charge in [-0.15, -0.1) is 0 Å². The van der Waals surface area contributed by atoms with Crippen LogP contribution in [0.5, 0.6) is 5.75 Å². The second kappa shape index (κ2) is 9.39. The smallest absolute Gasteiger partial charge is 0.287 e. The number of unbranched alkanes of at least 4 members (excludes halogenated alkanes) is 1. The molecule has 0 fully saturated rings. The largest absolute Gasteiger partial charge is 0.494 e. The quantitative estimate of drug-likeness (QED) is 0.693. The third kappa shape index (κ3) is 5.46. The zero-order valence-corrected chi connectivity index (χ0v) is 13.7. The number of furan rings is 1. The fraction of sp³-hybridized carbons (Fsp3) is 0.333. The summed E-state index contributed by atoms with van der Waals surface area (Å²) < 4.78 is 10.5. The molecule has 0 aliphatic rings. The van der Waals surface area contributed by atoms with Gasteiger partial charge in [0.05, 0.1) is 12.9 Å². The van der Waals surface area contributed by atoms with Crippen LogP contribution in [0.4, 0.5) is 0 Å². The Morgan fingerprint density at radius 2 is 1.75 bits per heavy atom. The van der Waals surface area contributed by atoms with Crippen LogP contribution in [0.25, 0.3) is 0 Å². The predicted octanol–water partition coefficient (Wildman–Crippen LogP) is 2.62. The summed E-state index contributed by atoms with van der Waals surface area (Å²) in [6.45, 7) is 3.44. The summed E-state index contributed by atoms with van der Waals surface area (Å²) in [5.41, 5.74) is 0.551. The fourth-order valence-corrected chi connectivity index (χ4v) is 1.99. The Hall–Kier alpha value is -2.76. The maximum Gasteiger partial charge on any atom is 0.287 e. The van der Waals surface area contributed by atoms with Crippen LogP contribution in [-0.2, 0) is 0 Å². The van der Waals surface area contributed by atoms with E-state index >= 15 is 0 Å². The predicted molar refractivity (Wildman–Crippen MR) is 90.2 cm³/mol. The average molecular weight is 330 g/mol. The lowest BCUT2D eigenvalue weighted by atomic mass is 10.2. The van der Waals surface area contributed by atoms with Gasteiger partial charge in [-0.3, -0.25) is 9.59 Å². The molecule has 128 valence electrons. The van der Waals surface area contributed by atoms with Crippen LogP contribution in [0.3, 0.4) is 0 Å². The molecule has 0 unspecified atom stereocenters. The molecule has 2 amide bonds. The number of benzene rings is 1. The zero-order chi connectivity index (χ0) is 17.2. The SMILES string of the molecule is CCCCOc1ccc(C(=O)NCCNC(=O)c2ccco2)cc1. The number of hydrogen-bond acceptors (Lipinski definition) is 4. The van der Waals surface area contributed by atoms with Crippen molar-refractivity contribution in [1.29, 1.82) is 0 Å². The Balaban J connectivity index is 1.69. The summed E-state index contributed by atoms with van der Waals surface area (Å²) in [6, 6.07) is 10.2. The van der Waals surface area contributed by atoms with Gasteiger partial charge in [-0.05, 0) is 42.8 Å². The van der Waals surface area contributed by atoms with Crippen molar-refractivity contribution in [3.8, 4) is 5.75 Å². The van der Waals surface area contributed by atoms with Gasteiger partial charge in [0, 0.05) is 18.7 Å². The standard InChI is InChI=1S/C18H22N2O4/c1-2-3-12-23-15-8-6-14(7-9-15)17(21)19-10-11-20-18(22)16-5-4-13-24-16/h4-9,13H,2-3,10-12H2,1H3,(H,19,21)(H,20,22). The van der Waals surface area contributed by atoms with Gasteiger partial charge < -0.3 is 19.8 Å². The molecule has 0 atom stereocenters. The highest BCUT2D eigenvalue weighted by Gasteiger charge is 2.08. The topological polar surface area (TPSA) is 80.6 Å². The van der Waals surface area contributed by atoms with E-state index in [2.05, 4.69) is 17.6 Å². The van der Waals surface area contributed by atoms with Gasteiger partial charge in [0.15, 0.2) is 5.76 Å². The number of ether oxygens (including phenoxy) is 1. The van der Waals surface area contributed by atoms with Crippen LogP contribution >= 0.6 is 0 Å². The van der Waals surface area contributed by atoms with Crippen LogP contribution in [0.1, 0.15) is 40.7 Å². The molecule has 6 nitrogen and oxygen atoms in total. The highest BCUT2D eigenvalue weighted by molar-refractivity contribution is 5.94. The third-order valence-electron chi connectivity index (χ3n) is 3.32. The number of carbonyl (C=O) groups excluding carboxylic acids is 2. The Morgan fingerprint density at radius 1 is 1.04 bits per heavy atom. The Kier molecular flexibility index (Phi) is 6.89. The molecule has 2 rings (SSSR count). The number of rotatable bonds is 9. The molecule has 0 saturated heterocycles. The van der Waals surface area contributed by atoms with E-state index in [1.54, 1.807) is 36.4 Å². The first-order chi connectivity index (χ1) is 11.7. The van der Waals surface area contributed by atoms with Gasteiger partial charge in [-0.2, -0.15) is 0 Å². The maximum absolute atomic E-state index is 12.0. The van der Waals surface area contributed by atoms with E-state index in [0.717, 1.165) is 18.6 Å². The highest BCUT2D eigenvalue weighted by Crippen LogP contribution is 2.12. The van der Waals surface area contributed by atoms with Crippen LogP contribution in [-0.4, -0.2) is 31.5 Å². The van der Waals surface area contributed by atoms with Crippen LogP contribution < -0.4 is 15.4 Å². The summed E-state index contributed by atoms with van der Waals surface area (Å²) in [5, 5.41) is 5.41. The summed E-state index contributed by atoms with van der Waals surface area (Å²) in [6.07, 6.45) is 3.52. The van der Waals surface area contributed by atoms with E-state index < -0.39 is 0 Å². The lowest BCUT2D eigenvalue weighted by Crippen LogP contribution is -2.34. The van der Waals surface area contributed by atoms with Crippen molar-refractivity contribution in [2.45, 2.75) is 19.8 Å². The van der Waals surface area contributed by atoms with Crippen molar-refractivity contribution >= 4 is 11.8 Å². The Bertz CT molecular complexity index is 636. The van der Waals surface area contributed by atoms with Crippen LogP contribution in [0.15, 0.2) is 47.1 Å². The summed E-state index contributed by atoms with van der Waals surface area (Å²) in [7, 11) is 0. The van der Waals surface area contributed by atoms with Crippen LogP contribution in [0.2, 0.25) is 0 Å². The molecule has 1 heterocycles. The van der Waals surface area contributed by atoms with Gasteiger partial charge >= 0.3 is 0 Å². The molecule has 2 N–H and O–H groups in total. The molecule has 0 aliphatic heterocycles. The van der Waals surface area contributed by atoms with Crippen LogP contribution in [0, 0.1) is 0 Å². The lowest BCUT2D eigenvalue weighted by molar-refractivity contribution is 0.0910. The Labute approximate surface area is 141 Å². The van der Waals surface area contributed by atoms with Gasteiger partial charge in [0.2, 0.25) is 0 Å². The minimum absolute atomic E-state index is 0.192. The summed E-state index contributed by atoms with van der Waals surface area (Å²) in [4.78, 5) is 23.6. The number of nitrogens with one attached hydrogen (secondary N) is 2. The van der Waals surface area contributed by atoms with Gasteiger partial charge in [-0.25, -0.2) is 0 Å². The third-order valence-corrected chi connectivity index (χ3v) is 3.32. The van der Waals surface area contributed by atoms with Crippen molar-refractivity contribution in [2.75, 3.05) is 19.7 Å². The molecular formula is C18H22N2O4. The molecule has 6 heteroatoms. The first-order valence-corrected chi connectivity index (χ1v) is 8.03. The molecular weight excluding hydrogens is 308 g/mol. The van der Waals surface area contributed by atoms with Crippen molar-refractivity contribution in [3.63, 3.8) is 0 Å². The van der Waals surface area contributed by atoms with Gasteiger partial charge in [-0.1, -0.05) is 13.3 Å². The zero-order valence-electron chi connectivity index (χ0n) is 13.7. The molecule has 0 aliphatic carbocycles. The molecule has 2 aromatic rings. The normalized spacial score (nSPS) is 10.2. The van der Waals surface area contributed by atoms with Crippen molar-refractivity contribution in [1.82, 2.24) is 10.6 Å². The van der Waals surface area contributed by atoms with Gasteiger partial charge in [0.1, 0.15) is 5.75 Å². The first-order valence-electron chi connectivity index (χ1n) is 8.03. The van der Waals surface area contributed by atoms with E-state index in [4.69, 9.17) is 9.15 Å². The number of hydrogen-bond donors (Lipinski definition) is 2. The van der Waals surface area contributed by atoms with Crippen molar-refractivity contribution in [3.05, 3.63) is 54.0 Å².